The number of halogens is 1. The number of imidazole rings is 1. The quantitative estimate of drug-likeness (QED) is 0.195. The van der Waals surface area contributed by atoms with Crippen LogP contribution in [-0.2, 0) is 21.3 Å². The first-order valence-electron chi connectivity index (χ1n) is 11.1. The summed E-state index contributed by atoms with van der Waals surface area (Å²) in [4.78, 5) is 11.3. The van der Waals surface area contributed by atoms with E-state index in [0.29, 0.717) is 35.4 Å². The summed E-state index contributed by atoms with van der Waals surface area (Å²) < 4.78 is 26.4. The summed E-state index contributed by atoms with van der Waals surface area (Å²) in [6, 6.07) is 13.5. The lowest BCUT2D eigenvalue weighted by Crippen LogP contribution is -2.32. The van der Waals surface area contributed by atoms with E-state index >= 15 is 0 Å². The first-order chi connectivity index (χ1) is 17.4. The summed E-state index contributed by atoms with van der Waals surface area (Å²) in [7, 11) is -3.99. The van der Waals surface area contributed by atoms with Crippen molar-refractivity contribution >= 4 is 45.0 Å². The van der Waals surface area contributed by atoms with Gasteiger partial charge in [-0.15, -0.1) is 0 Å². The number of aromatic nitrogens is 3. The number of nitriles is 1. The summed E-state index contributed by atoms with van der Waals surface area (Å²) in [6.07, 6.45) is 3.37. The molecule has 0 saturated heterocycles. The molecular weight excluding hydrogens is 536 g/mol. The number of thioether (sulfide) groups is 2. The molecule has 0 bridgehead atoms. The molecule has 0 aliphatic heterocycles. The fraction of sp³-hybridized carbons (Fsp3) is 0.292. The van der Waals surface area contributed by atoms with Crippen LogP contribution in [0.1, 0.15) is 17.1 Å². The molecule has 0 unspecified atom stereocenters. The lowest BCUT2D eigenvalue weighted by Gasteiger charge is -2.16. The van der Waals surface area contributed by atoms with Gasteiger partial charge in [0.1, 0.15) is 11.9 Å². The smallest absolute Gasteiger partial charge is 0.220 e. The largest absolute Gasteiger partial charge is 0.369 e. The second kappa shape index (κ2) is 14.2. The van der Waals surface area contributed by atoms with Crippen LogP contribution in [-0.4, -0.2) is 48.0 Å². The molecular formula is C24H27ClN6O2S3. The molecule has 8 nitrogen and oxygen atoms in total. The van der Waals surface area contributed by atoms with Crippen molar-refractivity contribution in [2.45, 2.75) is 23.3 Å². The van der Waals surface area contributed by atoms with Crippen molar-refractivity contribution in [1.29, 1.82) is 5.26 Å². The van der Waals surface area contributed by atoms with E-state index in [9.17, 15) is 13.7 Å². The highest BCUT2D eigenvalue weighted by Crippen LogP contribution is 2.21. The molecule has 0 amide bonds. The van der Waals surface area contributed by atoms with Crippen LogP contribution in [0.3, 0.4) is 0 Å². The number of H-pyrrole nitrogens is 1. The van der Waals surface area contributed by atoms with E-state index in [1.165, 1.54) is 12.1 Å². The summed E-state index contributed by atoms with van der Waals surface area (Å²) in [5.74, 6) is 2.97. The molecule has 0 aliphatic carbocycles. The van der Waals surface area contributed by atoms with Gasteiger partial charge in [-0.05, 0) is 31.2 Å². The van der Waals surface area contributed by atoms with Gasteiger partial charge in [0.25, 0.3) is 0 Å². The van der Waals surface area contributed by atoms with Gasteiger partial charge in [-0.3, -0.25) is 4.98 Å². The van der Waals surface area contributed by atoms with Gasteiger partial charge in [0.05, 0.1) is 27.6 Å². The summed E-state index contributed by atoms with van der Waals surface area (Å²) in [5, 5.41) is 16.7. The Morgan fingerprint density at radius 3 is 2.36 bits per heavy atom. The van der Waals surface area contributed by atoms with Crippen molar-refractivity contribution in [1.82, 2.24) is 25.6 Å². The number of hydrogen-bond donors (Lipinski definition) is 3. The number of aryl methyl sites for hydroxylation is 1. The normalized spacial score (nSPS) is 12.0. The van der Waals surface area contributed by atoms with Crippen molar-refractivity contribution in [3.8, 4) is 6.07 Å². The van der Waals surface area contributed by atoms with Crippen LogP contribution in [0, 0.1) is 18.3 Å². The predicted octanol–water partition coefficient (Wildman–Crippen LogP) is 4.28. The van der Waals surface area contributed by atoms with Gasteiger partial charge in [0.2, 0.25) is 9.84 Å². The summed E-state index contributed by atoms with van der Waals surface area (Å²) >= 11 is 9.45. The highest BCUT2D eigenvalue weighted by atomic mass is 35.5. The number of allylic oxidation sites excluding steroid dienone is 1. The van der Waals surface area contributed by atoms with Crippen LogP contribution in [0.2, 0.25) is 5.02 Å². The second-order valence-corrected chi connectivity index (χ2v) is 12.0. The Bertz CT molecular complexity index is 1310. The third-order valence-electron chi connectivity index (χ3n) is 5.00. The highest BCUT2D eigenvalue weighted by Gasteiger charge is 2.25. The van der Waals surface area contributed by atoms with Gasteiger partial charge in [-0.2, -0.15) is 28.8 Å². The van der Waals surface area contributed by atoms with E-state index in [0.717, 1.165) is 22.8 Å². The number of nitrogens with zero attached hydrogens (tertiary/aromatic N) is 3. The molecule has 36 heavy (non-hydrogen) atoms. The molecule has 1 aromatic carbocycles. The van der Waals surface area contributed by atoms with Crippen LogP contribution in [0.4, 0.5) is 0 Å². The molecule has 0 saturated carbocycles. The van der Waals surface area contributed by atoms with Gasteiger partial charge in [0.15, 0.2) is 4.91 Å². The molecule has 190 valence electrons. The van der Waals surface area contributed by atoms with Gasteiger partial charge in [0, 0.05) is 48.0 Å². The van der Waals surface area contributed by atoms with E-state index in [1.807, 2.05) is 13.0 Å². The minimum absolute atomic E-state index is 0.0749. The van der Waals surface area contributed by atoms with E-state index in [-0.39, 0.29) is 15.6 Å². The zero-order valence-electron chi connectivity index (χ0n) is 19.7. The number of aromatic amines is 1. The average Bonchev–Trinajstić information content (AvgIpc) is 3.29. The van der Waals surface area contributed by atoms with E-state index < -0.39 is 9.84 Å². The highest BCUT2D eigenvalue weighted by molar-refractivity contribution is 7.98. The Hall–Kier alpha value is -2.65. The van der Waals surface area contributed by atoms with Crippen molar-refractivity contribution in [2.24, 2.45) is 0 Å². The lowest BCUT2D eigenvalue weighted by molar-refractivity contribution is 0.601. The molecule has 3 aromatic rings. The zero-order valence-corrected chi connectivity index (χ0v) is 22.9. The molecule has 0 aliphatic rings. The maximum absolute atomic E-state index is 13.2. The Morgan fingerprint density at radius 2 is 1.75 bits per heavy atom. The molecule has 3 rings (SSSR count). The van der Waals surface area contributed by atoms with Crippen molar-refractivity contribution in [3.63, 3.8) is 0 Å². The number of hydrogen-bond acceptors (Lipinski definition) is 9. The standard InChI is InChI=1S/C24H27ClN6O2S3/c1-18-21(31-17-30-18)15-34-12-10-28-24(23(14-26)36(32,33)19-6-3-2-4-7-19)29-11-13-35-16-22-20(25)8-5-9-27-22/h2-9,17,28-29H,10-13,15-16H2,1H3,(H,30,31)/b24-23+. The molecule has 0 spiro atoms. The lowest BCUT2D eigenvalue weighted by atomic mass is 10.4. The number of benzene rings is 1. The van der Waals surface area contributed by atoms with Gasteiger partial charge in [-0.25, -0.2) is 13.4 Å². The Morgan fingerprint density at radius 1 is 1.06 bits per heavy atom. The Kier molecular flexibility index (Phi) is 11.0. The van der Waals surface area contributed by atoms with E-state index in [2.05, 4.69) is 25.6 Å². The average molecular weight is 563 g/mol. The molecule has 2 heterocycles. The molecule has 2 aromatic heterocycles. The SMILES string of the molecule is Cc1nc[nH]c1CSCCN/C(NCCSCc1ncccc1Cl)=C(/C#N)S(=O)(=O)c1ccccc1. The number of sulfone groups is 1. The molecule has 0 atom stereocenters. The topological polar surface area (TPSA) is 124 Å². The van der Waals surface area contributed by atoms with Crippen LogP contribution >= 0.6 is 35.1 Å². The minimum atomic E-state index is -3.99. The van der Waals surface area contributed by atoms with Crippen LogP contribution in [0.5, 0.6) is 0 Å². The number of pyridine rings is 1. The van der Waals surface area contributed by atoms with Crippen molar-refractivity contribution in [2.75, 3.05) is 24.6 Å². The monoisotopic (exact) mass is 562 g/mol. The third-order valence-corrected chi connectivity index (χ3v) is 9.03. The molecule has 0 fully saturated rings. The van der Waals surface area contributed by atoms with E-state index in [1.54, 1.807) is 66.4 Å². The maximum atomic E-state index is 13.2. The molecule has 12 heteroatoms. The summed E-state index contributed by atoms with van der Waals surface area (Å²) in [5.41, 5.74) is 2.82. The van der Waals surface area contributed by atoms with Crippen LogP contribution in [0.15, 0.2) is 70.6 Å². The minimum Gasteiger partial charge on any atom is -0.369 e. The number of nitrogens with one attached hydrogen (secondary N) is 3. The fourth-order valence-corrected chi connectivity index (χ4v) is 6.34. The van der Waals surface area contributed by atoms with Crippen molar-refractivity contribution in [3.05, 3.63) is 87.8 Å². The number of rotatable bonds is 14. The van der Waals surface area contributed by atoms with E-state index in [4.69, 9.17) is 11.6 Å². The summed E-state index contributed by atoms with van der Waals surface area (Å²) in [6.45, 7) is 2.88. The van der Waals surface area contributed by atoms with Crippen LogP contribution in [0.25, 0.3) is 0 Å². The molecule has 3 N–H and O–H groups in total. The second-order valence-electron chi connectivity index (χ2n) is 7.49. The first kappa shape index (κ1) is 27.9. The third kappa shape index (κ3) is 7.93. The zero-order chi connectivity index (χ0) is 25.8. The van der Waals surface area contributed by atoms with Gasteiger partial charge in [-0.1, -0.05) is 29.8 Å². The first-order valence-corrected chi connectivity index (χ1v) is 15.3. The van der Waals surface area contributed by atoms with Crippen LogP contribution < -0.4 is 10.6 Å². The Labute approximate surface area is 225 Å². The maximum Gasteiger partial charge on any atom is 0.220 e. The Balaban J connectivity index is 1.64. The fourth-order valence-electron chi connectivity index (χ4n) is 3.09. The van der Waals surface area contributed by atoms with Crippen molar-refractivity contribution < 1.29 is 8.42 Å². The van der Waals surface area contributed by atoms with Gasteiger partial charge < -0.3 is 15.6 Å². The molecule has 0 radical (unpaired) electrons. The van der Waals surface area contributed by atoms with Gasteiger partial charge >= 0.3 is 0 Å². The predicted molar refractivity (Wildman–Crippen MR) is 147 cm³/mol.